The van der Waals surface area contributed by atoms with Crippen molar-refractivity contribution in [3.8, 4) is 5.75 Å². The van der Waals surface area contributed by atoms with E-state index in [1.165, 1.54) is 0 Å². The number of carbonyl (C=O) groups excluding carboxylic acids is 2. The molecule has 0 saturated heterocycles. The Balaban J connectivity index is 0.00000165. The van der Waals surface area contributed by atoms with E-state index in [1.807, 2.05) is 0 Å². The Hall–Kier alpha value is -2.88. The van der Waals surface area contributed by atoms with Gasteiger partial charge in [-0.1, -0.05) is 0 Å². The van der Waals surface area contributed by atoms with Gasteiger partial charge in [-0.2, -0.15) is 0 Å². The summed E-state index contributed by atoms with van der Waals surface area (Å²) in [6.07, 6.45) is 0. The van der Waals surface area contributed by atoms with E-state index in [0.29, 0.717) is 0 Å². The Morgan fingerprint density at radius 2 is 1.32 bits per heavy atom. The van der Waals surface area contributed by atoms with Crippen molar-refractivity contribution in [3.63, 3.8) is 0 Å². The van der Waals surface area contributed by atoms with Crippen LogP contribution in [0.25, 0.3) is 0 Å². The first-order valence-electron chi connectivity index (χ1n) is 7.81. The van der Waals surface area contributed by atoms with Gasteiger partial charge in [-0.25, -0.2) is 14.4 Å². The third kappa shape index (κ3) is 8.67. The van der Waals surface area contributed by atoms with Crippen LogP contribution in [0.1, 0.15) is 62.3 Å². The summed E-state index contributed by atoms with van der Waals surface area (Å²) in [6.45, 7) is 9.50. The zero-order valence-electron chi connectivity index (χ0n) is 16.2. The van der Waals surface area contributed by atoms with E-state index in [0.717, 1.165) is 12.1 Å². The molecule has 156 valence electrons. The first-order chi connectivity index (χ1) is 12.5. The van der Waals surface area contributed by atoms with Crippen molar-refractivity contribution >= 4 is 34.7 Å². The fourth-order valence-corrected chi connectivity index (χ4v) is 1.80. The van der Waals surface area contributed by atoms with Crippen molar-refractivity contribution in [1.82, 2.24) is 0 Å². The summed E-state index contributed by atoms with van der Waals surface area (Å²) in [5, 5.41) is 28.4. The summed E-state index contributed by atoms with van der Waals surface area (Å²) < 4.78 is 10.3. The van der Waals surface area contributed by atoms with Crippen LogP contribution < -0.4 is 0 Å². The molecular formula is C17H22ClNO9. The highest BCUT2D eigenvalue weighted by molar-refractivity contribution is 6.60. The molecule has 10 nitrogen and oxygen atoms in total. The van der Waals surface area contributed by atoms with Crippen molar-refractivity contribution in [2.24, 2.45) is 0 Å². The van der Waals surface area contributed by atoms with E-state index in [1.54, 1.807) is 41.5 Å². The topological polar surface area (TPSA) is 153 Å². The van der Waals surface area contributed by atoms with Crippen LogP contribution in [-0.2, 0) is 9.47 Å². The van der Waals surface area contributed by atoms with Gasteiger partial charge in [0.1, 0.15) is 22.5 Å². The maximum atomic E-state index is 12.4. The number of rotatable bonds is 3. The number of ether oxygens (including phenoxy) is 2. The number of carboxylic acid groups (broad SMARTS) is 1. The fraction of sp³-hybridized carbons (Fsp3) is 0.471. The maximum absolute atomic E-state index is 12.4. The van der Waals surface area contributed by atoms with Crippen LogP contribution in [0, 0.1) is 10.1 Å². The first-order valence-corrected chi connectivity index (χ1v) is 8.19. The Kier molecular flexibility index (Phi) is 8.39. The maximum Gasteiger partial charge on any atom is 0.401 e. The molecule has 0 radical (unpaired) electrons. The molecule has 0 aromatic heterocycles. The molecule has 0 heterocycles. The van der Waals surface area contributed by atoms with Crippen LogP contribution in [0.3, 0.4) is 0 Å². The molecule has 0 unspecified atom stereocenters. The minimum absolute atomic E-state index is 0.589. The van der Waals surface area contributed by atoms with E-state index >= 15 is 0 Å². The predicted octanol–water partition coefficient (Wildman–Crippen LogP) is 4.11. The average Bonchev–Trinajstić information content (AvgIpc) is 2.41. The van der Waals surface area contributed by atoms with Gasteiger partial charge in [0, 0.05) is 17.7 Å². The number of aromatic hydroxyl groups is 1. The monoisotopic (exact) mass is 419 g/mol. The van der Waals surface area contributed by atoms with Crippen molar-refractivity contribution in [1.29, 1.82) is 0 Å². The second-order valence-corrected chi connectivity index (χ2v) is 7.69. The van der Waals surface area contributed by atoms with E-state index < -0.39 is 56.1 Å². The molecule has 0 atom stereocenters. The molecule has 1 rings (SSSR count). The van der Waals surface area contributed by atoms with Gasteiger partial charge < -0.3 is 19.7 Å². The number of phenols is 1. The smallest absolute Gasteiger partial charge is 0.401 e. The van der Waals surface area contributed by atoms with Crippen molar-refractivity contribution in [2.75, 3.05) is 0 Å². The van der Waals surface area contributed by atoms with Gasteiger partial charge in [0.05, 0.1) is 4.92 Å². The highest BCUT2D eigenvalue weighted by Gasteiger charge is 2.35. The van der Waals surface area contributed by atoms with Crippen LogP contribution in [0.2, 0.25) is 0 Å². The minimum Gasteiger partial charge on any atom is -0.507 e. The molecule has 0 saturated carbocycles. The molecule has 0 spiro atoms. The van der Waals surface area contributed by atoms with Crippen LogP contribution >= 0.6 is 11.6 Å². The molecule has 0 bridgehead atoms. The Bertz CT molecular complexity index is 772. The molecule has 1 aromatic carbocycles. The predicted molar refractivity (Wildman–Crippen MR) is 99.0 cm³/mol. The summed E-state index contributed by atoms with van der Waals surface area (Å²) in [6, 6.07) is 1.90. The van der Waals surface area contributed by atoms with E-state index in [9.17, 15) is 24.8 Å². The zero-order chi connectivity index (χ0) is 22.4. The van der Waals surface area contributed by atoms with Crippen LogP contribution in [-0.4, -0.2) is 43.7 Å². The van der Waals surface area contributed by atoms with Gasteiger partial charge in [-0.15, -0.1) is 0 Å². The molecule has 0 fully saturated rings. The lowest BCUT2D eigenvalue weighted by Crippen LogP contribution is -2.28. The highest BCUT2D eigenvalue weighted by atomic mass is 35.5. The fourth-order valence-electron chi connectivity index (χ4n) is 1.80. The average molecular weight is 420 g/mol. The van der Waals surface area contributed by atoms with Crippen LogP contribution in [0.15, 0.2) is 12.1 Å². The number of carbonyl (C=O) groups is 3. The molecule has 28 heavy (non-hydrogen) atoms. The highest BCUT2D eigenvalue weighted by Crippen LogP contribution is 2.33. The van der Waals surface area contributed by atoms with Gasteiger partial charge in [-0.3, -0.25) is 10.1 Å². The van der Waals surface area contributed by atoms with Gasteiger partial charge >= 0.3 is 17.4 Å². The summed E-state index contributed by atoms with van der Waals surface area (Å²) in [5.74, 6) is -2.74. The number of nitro benzene ring substituents is 1. The summed E-state index contributed by atoms with van der Waals surface area (Å²) in [7, 11) is 0. The second kappa shape index (κ2) is 9.36. The number of nitrogens with zero attached hydrogens (tertiary/aromatic N) is 1. The summed E-state index contributed by atoms with van der Waals surface area (Å²) in [5.41, 5.74) is -5.10. The molecule has 1 aromatic rings. The molecular weight excluding hydrogens is 398 g/mol. The molecule has 0 amide bonds. The number of benzene rings is 1. The Morgan fingerprint density at radius 1 is 0.964 bits per heavy atom. The molecule has 0 aliphatic heterocycles. The number of hydrogen-bond donors (Lipinski definition) is 2. The molecule has 11 heteroatoms. The van der Waals surface area contributed by atoms with E-state index in [2.05, 4.69) is 11.6 Å². The Labute approximate surface area is 166 Å². The molecule has 0 aliphatic carbocycles. The van der Waals surface area contributed by atoms with E-state index in [4.69, 9.17) is 19.4 Å². The normalized spacial score (nSPS) is 11.0. The van der Waals surface area contributed by atoms with Crippen molar-refractivity contribution in [3.05, 3.63) is 33.4 Å². The summed E-state index contributed by atoms with van der Waals surface area (Å²) in [4.78, 5) is 43.9. The number of phenolic OH excluding ortho intramolecular Hbond substituents is 1. The summed E-state index contributed by atoms with van der Waals surface area (Å²) >= 11 is 4.19. The third-order valence-electron chi connectivity index (χ3n) is 2.56. The van der Waals surface area contributed by atoms with Crippen LogP contribution in [0.5, 0.6) is 5.75 Å². The number of hydrogen-bond acceptors (Lipinski definition) is 8. The lowest BCUT2D eigenvalue weighted by Gasteiger charge is -2.22. The van der Waals surface area contributed by atoms with Crippen LogP contribution in [0.4, 0.5) is 10.5 Å². The minimum atomic E-state index is -1.36. The van der Waals surface area contributed by atoms with Gasteiger partial charge in [0.25, 0.3) is 5.69 Å². The molecule has 2 N–H and O–H groups in total. The zero-order valence-corrected chi connectivity index (χ0v) is 17.0. The first kappa shape index (κ1) is 25.1. The van der Waals surface area contributed by atoms with Gasteiger partial charge in [0.15, 0.2) is 5.56 Å². The lowest BCUT2D eigenvalue weighted by molar-refractivity contribution is -0.385. The third-order valence-corrected chi connectivity index (χ3v) is 2.56. The Morgan fingerprint density at radius 3 is 1.64 bits per heavy atom. The van der Waals surface area contributed by atoms with Gasteiger partial charge in [0.2, 0.25) is 0 Å². The van der Waals surface area contributed by atoms with Gasteiger partial charge in [-0.05, 0) is 47.6 Å². The SMILES string of the molecule is CC(C)(C)OC(=O)c1c(O)ccc([N+](=O)[O-])c1C(=O)OC(C)(C)C.O=C(O)Cl. The standard InChI is InChI=1S/C16H21NO7.CHClO2/c1-15(2,3)23-13(19)11-9(17(21)22)7-8-10(18)12(11)14(20)24-16(4,5)6;2-1(3)4/h7-8,18H,1-6H3;(H,3,4). The number of halogens is 1. The largest absolute Gasteiger partial charge is 0.507 e. The lowest BCUT2D eigenvalue weighted by atomic mass is 10.0. The van der Waals surface area contributed by atoms with Crippen molar-refractivity contribution < 1.29 is 39.0 Å². The second-order valence-electron chi connectivity index (χ2n) is 7.37. The number of nitro groups is 1. The van der Waals surface area contributed by atoms with E-state index in [-0.39, 0.29) is 0 Å². The van der Waals surface area contributed by atoms with Crippen molar-refractivity contribution in [2.45, 2.75) is 52.7 Å². The quantitative estimate of drug-likeness (QED) is 0.318. The number of esters is 2. The molecule has 0 aliphatic rings.